The molecule has 1 fully saturated rings. The second-order valence-corrected chi connectivity index (χ2v) is 5.91. The van der Waals surface area contributed by atoms with Crippen LogP contribution in [-0.4, -0.2) is 12.4 Å². The summed E-state index contributed by atoms with van der Waals surface area (Å²) in [4.78, 5) is 4.96. The highest BCUT2D eigenvalue weighted by Crippen LogP contribution is 2.26. The van der Waals surface area contributed by atoms with Gasteiger partial charge in [0.2, 0.25) is 0 Å². The van der Waals surface area contributed by atoms with Crippen LogP contribution in [0.25, 0.3) is 10.8 Å². The van der Waals surface area contributed by atoms with Crippen LogP contribution in [0.5, 0.6) is 0 Å². The molecule has 1 saturated heterocycles. The van der Waals surface area contributed by atoms with Crippen molar-refractivity contribution < 1.29 is 0 Å². The van der Waals surface area contributed by atoms with Crippen LogP contribution in [0.3, 0.4) is 0 Å². The first-order valence-electron chi connectivity index (χ1n) is 8.13. The normalized spacial score (nSPS) is 19.8. The molecule has 0 aromatic heterocycles. The van der Waals surface area contributed by atoms with Crippen LogP contribution in [0.1, 0.15) is 50.6 Å². The molecule has 0 aliphatic carbocycles. The summed E-state index contributed by atoms with van der Waals surface area (Å²) in [7, 11) is 0. The zero-order chi connectivity index (χ0) is 14.5. The number of benzene rings is 2. The lowest BCUT2D eigenvalue weighted by Crippen LogP contribution is -2.26. The molecule has 110 valence electrons. The van der Waals surface area contributed by atoms with Crippen molar-refractivity contribution in [1.82, 2.24) is 5.32 Å². The molecular formula is C19H24N2. The third kappa shape index (κ3) is 3.44. The average molecular weight is 280 g/mol. The number of fused-ring (bicyclic) bond motifs is 1. The van der Waals surface area contributed by atoms with E-state index in [1.165, 1.54) is 47.9 Å². The minimum absolute atomic E-state index is 0.207. The van der Waals surface area contributed by atoms with Crippen LogP contribution in [0.2, 0.25) is 0 Å². The topological polar surface area (TPSA) is 24.4 Å². The third-order valence-corrected chi connectivity index (χ3v) is 4.29. The summed E-state index contributed by atoms with van der Waals surface area (Å²) in [6.45, 7) is 3.27. The molecule has 0 amide bonds. The van der Waals surface area contributed by atoms with Gasteiger partial charge in [-0.2, -0.15) is 0 Å². The van der Waals surface area contributed by atoms with Gasteiger partial charge < -0.3 is 5.32 Å². The molecule has 1 N–H and O–H groups in total. The lowest BCUT2D eigenvalue weighted by atomic mass is 10.00. The summed E-state index contributed by atoms with van der Waals surface area (Å²) in [5.41, 5.74) is 1.32. The molecule has 2 aromatic rings. The predicted molar refractivity (Wildman–Crippen MR) is 90.9 cm³/mol. The Kier molecular flexibility index (Phi) is 4.54. The minimum Gasteiger partial charge on any atom is -0.374 e. The molecule has 0 spiro atoms. The van der Waals surface area contributed by atoms with Gasteiger partial charge in [-0.05, 0) is 36.1 Å². The van der Waals surface area contributed by atoms with E-state index in [1.54, 1.807) is 0 Å². The van der Waals surface area contributed by atoms with Crippen LogP contribution in [-0.2, 0) is 0 Å². The Morgan fingerprint density at radius 3 is 2.71 bits per heavy atom. The molecule has 1 unspecified atom stereocenters. The first-order chi connectivity index (χ1) is 10.3. The number of hydrogen-bond acceptors (Lipinski definition) is 1. The average Bonchev–Trinajstić information content (AvgIpc) is 2.49. The van der Waals surface area contributed by atoms with Crippen molar-refractivity contribution in [2.45, 2.75) is 45.1 Å². The summed E-state index contributed by atoms with van der Waals surface area (Å²) in [5, 5.41) is 6.14. The van der Waals surface area contributed by atoms with Crippen LogP contribution in [0.15, 0.2) is 47.5 Å². The molecular weight excluding hydrogens is 256 g/mol. The summed E-state index contributed by atoms with van der Waals surface area (Å²) in [6, 6.07) is 15.3. The summed E-state index contributed by atoms with van der Waals surface area (Å²) < 4.78 is 0. The van der Waals surface area contributed by atoms with Crippen LogP contribution in [0, 0.1) is 0 Å². The van der Waals surface area contributed by atoms with E-state index in [0.29, 0.717) is 0 Å². The molecule has 0 radical (unpaired) electrons. The fraction of sp³-hybridized carbons (Fsp3) is 0.421. The standard InChI is InChI=1S/C19H24N2/c1-15(21-19-13-4-2-3-7-14-20-19)17-12-8-10-16-9-5-6-11-18(16)17/h5-6,8-12,15H,2-4,7,13-14H2,1H3,(H,20,21). The quantitative estimate of drug-likeness (QED) is 0.835. The van der Waals surface area contributed by atoms with Gasteiger partial charge >= 0.3 is 0 Å². The van der Waals surface area contributed by atoms with E-state index >= 15 is 0 Å². The van der Waals surface area contributed by atoms with Gasteiger partial charge in [0.1, 0.15) is 0 Å². The van der Waals surface area contributed by atoms with Gasteiger partial charge in [-0.25, -0.2) is 0 Å². The molecule has 2 aromatic carbocycles. The molecule has 0 saturated carbocycles. The Balaban J connectivity index is 1.87. The van der Waals surface area contributed by atoms with E-state index in [9.17, 15) is 0 Å². The Hall–Kier alpha value is -1.83. The first-order valence-corrected chi connectivity index (χ1v) is 8.13. The largest absolute Gasteiger partial charge is 0.374 e. The Bertz CT molecular complexity index is 615. The van der Waals surface area contributed by atoms with Crippen molar-refractivity contribution in [2.75, 3.05) is 6.54 Å². The van der Waals surface area contributed by atoms with Gasteiger partial charge in [0.15, 0.2) is 0 Å². The number of nitrogens with one attached hydrogen (secondary N) is 1. The number of nitrogens with zero attached hydrogens (tertiary/aromatic N) is 1. The van der Waals surface area contributed by atoms with Crippen molar-refractivity contribution in [3.05, 3.63) is 48.0 Å². The SMILES string of the molecule is CC(N=C1CCCCCCN1)c1cccc2ccccc12. The van der Waals surface area contributed by atoms with Gasteiger partial charge in [0, 0.05) is 13.0 Å². The fourth-order valence-corrected chi connectivity index (χ4v) is 3.12. The van der Waals surface area contributed by atoms with E-state index in [-0.39, 0.29) is 6.04 Å². The van der Waals surface area contributed by atoms with E-state index in [2.05, 4.69) is 54.7 Å². The summed E-state index contributed by atoms with van der Waals surface area (Å²) in [5.74, 6) is 1.19. The number of hydrogen-bond donors (Lipinski definition) is 1. The van der Waals surface area contributed by atoms with Gasteiger partial charge in [-0.15, -0.1) is 0 Å². The smallest absolute Gasteiger partial charge is 0.0970 e. The molecule has 0 bridgehead atoms. The molecule has 1 heterocycles. The van der Waals surface area contributed by atoms with E-state index < -0.39 is 0 Å². The van der Waals surface area contributed by atoms with Gasteiger partial charge in [0.05, 0.1) is 11.9 Å². The number of aliphatic imine (C=N–C) groups is 1. The Labute approximate surface area is 127 Å². The molecule has 1 aliphatic rings. The van der Waals surface area contributed by atoms with Crippen molar-refractivity contribution in [1.29, 1.82) is 0 Å². The molecule has 1 aliphatic heterocycles. The highest BCUT2D eigenvalue weighted by Gasteiger charge is 2.10. The van der Waals surface area contributed by atoms with Crippen LogP contribution in [0.4, 0.5) is 0 Å². The zero-order valence-corrected chi connectivity index (χ0v) is 12.8. The second-order valence-electron chi connectivity index (χ2n) is 5.91. The highest BCUT2D eigenvalue weighted by molar-refractivity contribution is 5.87. The first kappa shape index (κ1) is 14.1. The Morgan fingerprint density at radius 2 is 1.76 bits per heavy atom. The maximum absolute atomic E-state index is 4.96. The van der Waals surface area contributed by atoms with Crippen molar-refractivity contribution >= 4 is 16.6 Å². The van der Waals surface area contributed by atoms with E-state index in [4.69, 9.17) is 4.99 Å². The highest BCUT2D eigenvalue weighted by atomic mass is 15.0. The van der Waals surface area contributed by atoms with E-state index in [0.717, 1.165) is 13.0 Å². The molecule has 3 rings (SSSR count). The van der Waals surface area contributed by atoms with Crippen molar-refractivity contribution in [3.63, 3.8) is 0 Å². The molecule has 2 nitrogen and oxygen atoms in total. The van der Waals surface area contributed by atoms with Gasteiger partial charge in [-0.1, -0.05) is 55.3 Å². The minimum atomic E-state index is 0.207. The second kappa shape index (κ2) is 6.75. The monoisotopic (exact) mass is 280 g/mol. The van der Waals surface area contributed by atoms with E-state index in [1.807, 2.05) is 0 Å². The lowest BCUT2D eigenvalue weighted by molar-refractivity contribution is 0.606. The van der Waals surface area contributed by atoms with Crippen LogP contribution < -0.4 is 5.32 Å². The van der Waals surface area contributed by atoms with Gasteiger partial charge in [0.25, 0.3) is 0 Å². The lowest BCUT2D eigenvalue weighted by Gasteiger charge is -2.17. The molecule has 2 heteroatoms. The summed E-state index contributed by atoms with van der Waals surface area (Å²) in [6.07, 6.45) is 6.30. The van der Waals surface area contributed by atoms with Crippen molar-refractivity contribution in [3.8, 4) is 0 Å². The number of rotatable bonds is 2. The Morgan fingerprint density at radius 1 is 0.952 bits per heavy atom. The maximum Gasteiger partial charge on any atom is 0.0970 e. The molecule has 1 atom stereocenters. The summed E-state index contributed by atoms with van der Waals surface area (Å²) >= 11 is 0. The molecule has 21 heavy (non-hydrogen) atoms. The maximum atomic E-state index is 4.96. The van der Waals surface area contributed by atoms with Crippen molar-refractivity contribution in [2.24, 2.45) is 4.99 Å². The number of amidine groups is 1. The van der Waals surface area contributed by atoms with Crippen LogP contribution >= 0.6 is 0 Å². The fourth-order valence-electron chi connectivity index (χ4n) is 3.12. The predicted octanol–water partition coefficient (Wildman–Crippen LogP) is 4.85. The third-order valence-electron chi connectivity index (χ3n) is 4.29. The van der Waals surface area contributed by atoms with Gasteiger partial charge in [-0.3, -0.25) is 4.99 Å². The zero-order valence-electron chi connectivity index (χ0n) is 12.8.